The van der Waals surface area contributed by atoms with E-state index in [4.69, 9.17) is 9.72 Å². The van der Waals surface area contributed by atoms with Crippen LogP contribution in [0.2, 0.25) is 0 Å². The van der Waals surface area contributed by atoms with Crippen molar-refractivity contribution in [3.05, 3.63) is 74.8 Å². The van der Waals surface area contributed by atoms with Crippen LogP contribution in [0.15, 0.2) is 41.3 Å². The maximum atomic E-state index is 13.7. The fourth-order valence-electron chi connectivity index (χ4n) is 6.12. The van der Waals surface area contributed by atoms with Gasteiger partial charge >= 0.3 is 0 Å². The topological polar surface area (TPSA) is 108 Å². The molecule has 9 heteroatoms. The maximum absolute atomic E-state index is 13.7. The zero-order chi connectivity index (χ0) is 29.8. The van der Waals surface area contributed by atoms with E-state index in [0.29, 0.717) is 30.9 Å². The van der Waals surface area contributed by atoms with Crippen LogP contribution in [0.3, 0.4) is 0 Å². The smallest absolute Gasteiger partial charge is 0.253 e. The van der Waals surface area contributed by atoms with Crippen molar-refractivity contribution in [2.45, 2.75) is 59.9 Å². The number of carbonyl (C=O) groups is 2. The number of nitrogens with one attached hydrogen (secondary N) is 2. The third-order valence-corrected chi connectivity index (χ3v) is 8.54. The fourth-order valence-corrected chi connectivity index (χ4v) is 6.12. The summed E-state index contributed by atoms with van der Waals surface area (Å²) in [5, 5.41) is 2.96. The number of aromatic nitrogens is 2. The molecule has 222 valence electrons. The number of aryl methyl sites for hydroxylation is 2. The number of pyridine rings is 2. The van der Waals surface area contributed by atoms with Crippen LogP contribution in [0.5, 0.6) is 0 Å². The van der Waals surface area contributed by atoms with Crippen molar-refractivity contribution < 1.29 is 14.3 Å². The Morgan fingerprint density at radius 3 is 2.45 bits per heavy atom. The van der Waals surface area contributed by atoms with Crippen LogP contribution in [0, 0.1) is 26.7 Å². The number of benzene rings is 1. The highest BCUT2D eigenvalue weighted by Crippen LogP contribution is 2.35. The molecule has 9 nitrogen and oxygen atoms in total. The highest BCUT2D eigenvalue weighted by atomic mass is 16.5. The maximum Gasteiger partial charge on any atom is 0.253 e. The second-order valence-corrected chi connectivity index (χ2v) is 11.4. The second-order valence-electron chi connectivity index (χ2n) is 11.4. The first-order chi connectivity index (χ1) is 20.3. The predicted molar refractivity (Wildman–Crippen MR) is 165 cm³/mol. The Labute approximate surface area is 247 Å². The third kappa shape index (κ3) is 6.26. The summed E-state index contributed by atoms with van der Waals surface area (Å²) in [6.45, 7) is 11.1. The number of carbonyl (C=O) groups excluding carboxylic acids is 2. The highest BCUT2D eigenvalue weighted by molar-refractivity contribution is 6.02. The zero-order valence-corrected chi connectivity index (χ0v) is 25.1. The van der Waals surface area contributed by atoms with Crippen LogP contribution < -0.4 is 20.7 Å². The molecule has 1 saturated carbocycles. The van der Waals surface area contributed by atoms with E-state index in [1.807, 2.05) is 69.1 Å². The lowest BCUT2D eigenvalue weighted by Crippen LogP contribution is -2.36. The quantitative estimate of drug-likeness (QED) is 0.407. The molecule has 2 aromatic heterocycles. The number of anilines is 2. The first-order valence-electron chi connectivity index (χ1n) is 15.0. The van der Waals surface area contributed by atoms with Crippen molar-refractivity contribution in [3.8, 4) is 11.1 Å². The number of hydrogen-bond acceptors (Lipinski definition) is 6. The largest absolute Gasteiger partial charge is 0.378 e. The van der Waals surface area contributed by atoms with Gasteiger partial charge in [0.05, 0.1) is 13.2 Å². The lowest BCUT2D eigenvalue weighted by molar-refractivity contribution is -0.122. The van der Waals surface area contributed by atoms with Crippen molar-refractivity contribution in [2.75, 3.05) is 42.6 Å². The molecule has 0 bridgehead atoms. The summed E-state index contributed by atoms with van der Waals surface area (Å²) in [4.78, 5) is 51.5. The Hall–Kier alpha value is -3.98. The van der Waals surface area contributed by atoms with Gasteiger partial charge in [-0.15, -0.1) is 0 Å². The number of aromatic amines is 1. The van der Waals surface area contributed by atoms with Gasteiger partial charge in [0.2, 0.25) is 5.91 Å². The second kappa shape index (κ2) is 12.9. The van der Waals surface area contributed by atoms with E-state index < -0.39 is 0 Å². The minimum atomic E-state index is -0.294. The Balaban J connectivity index is 1.50. The number of amides is 2. The minimum Gasteiger partial charge on any atom is -0.378 e. The van der Waals surface area contributed by atoms with Gasteiger partial charge in [-0.3, -0.25) is 14.4 Å². The summed E-state index contributed by atoms with van der Waals surface area (Å²) in [7, 11) is 0. The molecule has 2 aliphatic rings. The van der Waals surface area contributed by atoms with E-state index in [2.05, 4.69) is 15.2 Å². The van der Waals surface area contributed by atoms with Crippen molar-refractivity contribution in [3.63, 3.8) is 0 Å². The molecular formula is C33H41N5O4. The van der Waals surface area contributed by atoms with Crippen LogP contribution in [0.25, 0.3) is 11.1 Å². The molecule has 1 aromatic carbocycles. The van der Waals surface area contributed by atoms with E-state index in [1.165, 1.54) is 0 Å². The van der Waals surface area contributed by atoms with Gasteiger partial charge in [0.25, 0.3) is 11.5 Å². The number of morpholine rings is 1. The monoisotopic (exact) mass is 571 g/mol. The molecule has 0 atom stereocenters. The normalized spacial score (nSPS) is 15.6. The molecular weight excluding hydrogens is 530 g/mol. The Morgan fingerprint density at radius 2 is 1.81 bits per heavy atom. The van der Waals surface area contributed by atoms with Crippen LogP contribution in [0.1, 0.15) is 65.3 Å². The van der Waals surface area contributed by atoms with Crippen molar-refractivity contribution >= 4 is 23.3 Å². The van der Waals surface area contributed by atoms with E-state index >= 15 is 0 Å². The van der Waals surface area contributed by atoms with E-state index in [-0.39, 0.29) is 29.8 Å². The SMILES string of the molecule is CCN(C(=O)C1CCCC1)c1cc(-c2ccc(N3CCOCC3)nc2)cc(C(=O)NCc2c(C)cc(C)[nH]c2=O)c1C. The van der Waals surface area contributed by atoms with Gasteiger partial charge in [-0.05, 0) is 87.6 Å². The molecule has 3 aromatic rings. The molecule has 0 radical (unpaired) electrons. The average molecular weight is 572 g/mol. The van der Waals surface area contributed by atoms with Gasteiger partial charge in [-0.25, -0.2) is 4.98 Å². The van der Waals surface area contributed by atoms with Crippen LogP contribution in [-0.4, -0.2) is 54.6 Å². The van der Waals surface area contributed by atoms with Crippen molar-refractivity contribution in [1.82, 2.24) is 15.3 Å². The van der Waals surface area contributed by atoms with E-state index in [1.54, 1.807) is 0 Å². The molecule has 0 unspecified atom stereocenters. The van der Waals surface area contributed by atoms with Crippen LogP contribution in [0.4, 0.5) is 11.5 Å². The van der Waals surface area contributed by atoms with Gasteiger partial charge in [-0.1, -0.05) is 12.8 Å². The molecule has 2 N–H and O–H groups in total. The zero-order valence-electron chi connectivity index (χ0n) is 25.1. The van der Waals surface area contributed by atoms with Gasteiger partial charge in [0.1, 0.15) is 5.82 Å². The molecule has 2 amide bonds. The average Bonchev–Trinajstić information content (AvgIpc) is 3.53. The number of nitrogens with zero attached hydrogens (tertiary/aromatic N) is 3. The molecule has 0 spiro atoms. The number of hydrogen-bond donors (Lipinski definition) is 2. The van der Waals surface area contributed by atoms with Crippen molar-refractivity contribution in [2.24, 2.45) is 5.92 Å². The molecule has 42 heavy (non-hydrogen) atoms. The number of ether oxygens (including phenoxy) is 1. The lowest BCUT2D eigenvalue weighted by atomic mass is 9.96. The number of H-pyrrole nitrogens is 1. The molecule has 1 aliphatic heterocycles. The van der Waals surface area contributed by atoms with Gasteiger partial charge < -0.3 is 24.8 Å². The summed E-state index contributed by atoms with van der Waals surface area (Å²) in [5.74, 6) is 0.718. The summed E-state index contributed by atoms with van der Waals surface area (Å²) >= 11 is 0. The van der Waals surface area contributed by atoms with E-state index in [9.17, 15) is 14.4 Å². The molecule has 5 rings (SSSR count). The lowest BCUT2D eigenvalue weighted by Gasteiger charge is -2.28. The molecule has 2 fully saturated rings. The first kappa shape index (κ1) is 29.5. The third-order valence-electron chi connectivity index (χ3n) is 8.54. The Kier molecular flexibility index (Phi) is 9.06. The highest BCUT2D eigenvalue weighted by Gasteiger charge is 2.29. The first-order valence-corrected chi connectivity index (χ1v) is 15.0. The molecule has 1 aliphatic carbocycles. The summed E-state index contributed by atoms with van der Waals surface area (Å²) in [6.07, 6.45) is 5.77. The predicted octanol–water partition coefficient (Wildman–Crippen LogP) is 4.67. The minimum absolute atomic E-state index is 0.0102. The fraction of sp³-hybridized carbons (Fsp3) is 0.455. The van der Waals surface area contributed by atoms with Crippen molar-refractivity contribution in [1.29, 1.82) is 0 Å². The molecule has 1 saturated heterocycles. The van der Waals surface area contributed by atoms with Gasteiger partial charge in [0, 0.05) is 66.4 Å². The number of rotatable bonds is 8. The van der Waals surface area contributed by atoms with Gasteiger partial charge in [0.15, 0.2) is 0 Å². The standard InChI is InChI=1S/C33H41N5O4/c1-5-38(33(41)24-8-6-7-9-24)29-18-26(25-10-11-30(34-19-25)37-12-14-42-15-13-37)17-27(23(29)4)31(39)35-20-28-21(2)16-22(3)36-32(28)40/h10-11,16-19,24H,5-9,12-15,20H2,1-4H3,(H,35,39)(H,36,40). The van der Waals surface area contributed by atoms with Gasteiger partial charge in [-0.2, -0.15) is 0 Å². The van der Waals surface area contributed by atoms with Crippen LogP contribution >= 0.6 is 0 Å². The van der Waals surface area contributed by atoms with Crippen LogP contribution in [-0.2, 0) is 16.1 Å². The Bertz CT molecular complexity index is 1500. The summed E-state index contributed by atoms with van der Waals surface area (Å²) < 4.78 is 5.47. The summed E-state index contributed by atoms with van der Waals surface area (Å²) in [5.41, 5.74) is 5.53. The van der Waals surface area contributed by atoms with E-state index in [0.717, 1.165) is 78.2 Å². The summed E-state index contributed by atoms with van der Waals surface area (Å²) in [6, 6.07) is 9.77. The Morgan fingerprint density at radius 1 is 1.07 bits per heavy atom. The molecule has 3 heterocycles.